The molecule has 0 aromatic carbocycles. The Morgan fingerprint density at radius 3 is 2.20 bits per heavy atom. The highest BCUT2D eigenvalue weighted by Crippen LogP contribution is 2.47. The summed E-state index contributed by atoms with van der Waals surface area (Å²) < 4.78 is 33.8. The molecule has 0 aliphatic heterocycles. The van der Waals surface area contributed by atoms with E-state index in [0.29, 0.717) is 0 Å². The van der Waals surface area contributed by atoms with Crippen LogP contribution in [-0.4, -0.2) is 61.6 Å². The molecule has 0 aliphatic carbocycles. The highest BCUT2D eigenvalue weighted by molar-refractivity contribution is 7.44. The normalized spacial score (nSPS) is 18.2. The van der Waals surface area contributed by atoms with Crippen molar-refractivity contribution in [3.05, 3.63) is 11.4 Å². The van der Waals surface area contributed by atoms with E-state index >= 15 is 0 Å². The van der Waals surface area contributed by atoms with Crippen LogP contribution in [0.3, 0.4) is 0 Å². The highest BCUT2D eigenvalue weighted by Gasteiger charge is 2.36. The van der Waals surface area contributed by atoms with Crippen molar-refractivity contribution >= 4 is 28.0 Å². The Labute approximate surface area is 159 Å². The van der Waals surface area contributed by atoms with E-state index in [1.165, 1.54) is 0 Å². The minimum atomic E-state index is -2.05. The van der Waals surface area contributed by atoms with Crippen molar-refractivity contribution in [1.29, 1.82) is 0 Å². The predicted molar refractivity (Wildman–Crippen MR) is 102 cm³/mol. The molecule has 0 saturated carbocycles. The molecule has 0 aromatic rings. The minimum Gasteiger partial charge on any atom is -0.349 e. The first kappa shape index (κ1) is 25.0. The van der Waals surface area contributed by atoms with Gasteiger partial charge in [-0.15, -0.1) is 11.6 Å². The predicted octanol–water partition coefficient (Wildman–Crippen LogP) is 4.50. The number of hydrogen-bond acceptors (Lipinski definition) is 4. The van der Waals surface area contributed by atoms with Gasteiger partial charge in [-0.25, -0.2) is 15.6 Å². The van der Waals surface area contributed by atoms with Crippen LogP contribution in [0, 0.1) is 6.57 Å². The van der Waals surface area contributed by atoms with Crippen LogP contribution in [0.1, 0.15) is 48.0 Å². The monoisotopic (exact) mass is 394 g/mol. The van der Waals surface area contributed by atoms with E-state index in [9.17, 15) is 4.39 Å². The Morgan fingerprint density at radius 1 is 1.24 bits per heavy atom. The zero-order valence-electron chi connectivity index (χ0n) is 16.0. The molecule has 2 unspecified atom stereocenters. The third-order valence-corrected chi connectivity index (χ3v) is 5.67. The van der Waals surface area contributed by atoms with Crippen LogP contribution < -0.4 is 0 Å². The number of alkyl halides is 2. The van der Waals surface area contributed by atoms with E-state index in [4.69, 9.17) is 39.8 Å². The lowest BCUT2D eigenvalue weighted by atomic mass is 9.96. The Hall–Kier alpha value is 0.0449. The zero-order chi connectivity index (χ0) is 19.6. The number of nitrogens with zero attached hydrogens (tertiary/aromatic N) is 2. The summed E-state index contributed by atoms with van der Waals surface area (Å²) in [5.74, 6) is -2.05. The van der Waals surface area contributed by atoms with Crippen LogP contribution in [0.4, 0.5) is 4.39 Å². The summed E-state index contributed by atoms with van der Waals surface area (Å²) in [7, 11) is 4.19. The van der Waals surface area contributed by atoms with E-state index < -0.39 is 25.8 Å². The molecule has 144 valence electrons. The van der Waals surface area contributed by atoms with Gasteiger partial charge in [-0.05, 0) is 34.6 Å². The topological polar surface area (TPSA) is 35.3 Å². The van der Waals surface area contributed by atoms with Crippen molar-refractivity contribution in [2.24, 2.45) is 0 Å². The van der Waals surface area contributed by atoms with Crippen LogP contribution >= 0.6 is 20.1 Å². The fourth-order valence-corrected chi connectivity index (χ4v) is 3.71. The molecule has 9 heteroatoms. The molecule has 0 saturated heterocycles. The maximum atomic E-state index is 14.9. The van der Waals surface area contributed by atoms with Gasteiger partial charge in [0.15, 0.2) is 0 Å². The molecular weight excluding hydrogens is 364 g/mol. The molecule has 2 radical (unpaired) electrons. The fraction of sp³-hybridized carbons (Fsp3) is 0.938. The van der Waals surface area contributed by atoms with E-state index in [1.807, 2.05) is 32.4 Å². The van der Waals surface area contributed by atoms with Crippen LogP contribution in [-0.2, 0) is 13.8 Å². The molecule has 4 atom stereocenters. The lowest BCUT2D eigenvalue weighted by Gasteiger charge is -2.37. The average Bonchev–Trinajstić information content (AvgIpc) is 2.51. The highest BCUT2D eigenvalue weighted by atomic mass is 35.5. The van der Waals surface area contributed by atoms with Crippen LogP contribution in [0.25, 0.3) is 4.85 Å². The summed E-state index contributed by atoms with van der Waals surface area (Å²) >= 11 is 5.86. The van der Waals surface area contributed by atoms with Crippen LogP contribution in [0.15, 0.2) is 0 Å². The maximum absolute atomic E-state index is 14.9. The zero-order valence-corrected chi connectivity index (χ0v) is 17.7. The molecule has 0 aromatic heterocycles. The smallest absolute Gasteiger partial charge is 0.259 e. The SMILES string of the molecule is [B]C(O[C@](F)(CC)COP(OCC[N+]#[C-])N(C(C)C)C(C)C)[C@H](C)Cl. The van der Waals surface area contributed by atoms with E-state index in [1.54, 1.807) is 13.8 Å². The fourth-order valence-electron chi connectivity index (χ4n) is 2.02. The van der Waals surface area contributed by atoms with E-state index in [2.05, 4.69) is 4.85 Å². The van der Waals surface area contributed by atoms with Crippen molar-refractivity contribution in [3.8, 4) is 0 Å². The van der Waals surface area contributed by atoms with Gasteiger partial charge in [-0.1, -0.05) is 6.92 Å². The lowest BCUT2D eigenvalue weighted by molar-refractivity contribution is -0.178. The molecule has 5 nitrogen and oxygen atoms in total. The molecule has 0 aliphatic rings. The molecular formula is C16H30BClFN2O3P. The van der Waals surface area contributed by atoms with Crippen molar-refractivity contribution in [2.45, 2.75) is 77.3 Å². The Kier molecular flexibility index (Phi) is 12.5. The van der Waals surface area contributed by atoms with Gasteiger partial charge in [-0.2, -0.15) is 0 Å². The third kappa shape index (κ3) is 9.51. The van der Waals surface area contributed by atoms with E-state index in [-0.39, 0.29) is 38.3 Å². The van der Waals surface area contributed by atoms with Gasteiger partial charge in [0.1, 0.15) is 21.1 Å². The summed E-state index contributed by atoms with van der Waals surface area (Å²) in [6.45, 7) is 18.4. The minimum absolute atomic E-state index is 0.0683. The van der Waals surface area contributed by atoms with Gasteiger partial charge < -0.3 is 18.6 Å². The summed E-state index contributed by atoms with van der Waals surface area (Å²) in [4.78, 5) is 3.27. The maximum Gasteiger partial charge on any atom is 0.259 e. The molecule has 0 amide bonds. The second-order valence-corrected chi connectivity index (χ2v) is 8.43. The molecule has 0 fully saturated rings. The van der Waals surface area contributed by atoms with Crippen LogP contribution in [0.2, 0.25) is 0 Å². The molecule has 0 N–H and O–H groups in total. The Morgan fingerprint density at radius 2 is 1.80 bits per heavy atom. The quantitative estimate of drug-likeness (QED) is 0.151. The second-order valence-electron chi connectivity index (χ2n) is 6.29. The van der Waals surface area contributed by atoms with E-state index in [0.717, 1.165) is 0 Å². The summed E-state index contributed by atoms with van der Waals surface area (Å²) in [6, 6.07) is -0.655. The molecule has 0 rings (SSSR count). The Balaban J connectivity index is 5.05. The number of ether oxygens (including phenoxy) is 1. The Bertz CT molecular complexity index is 407. The average molecular weight is 395 g/mol. The summed E-state index contributed by atoms with van der Waals surface area (Å²) in [5, 5.41) is -0.527. The van der Waals surface area contributed by atoms with Crippen molar-refractivity contribution < 1.29 is 18.2 Å². The van der Waals surface area contributed by atoms with Gasteiger partial charge in [0.25, 0.3) is 8.53 Å². The van der Waals surface area contributed by atoms with Crippen molar-refractivity contribution in [3.63, 3.8) is 0 Å². The van der Waals surface area contributed by atoms with Gasteiger partial charge in [0, 0.05) is 29.9 Å². The first-order valence-electron chi connectivity index (χ1n) is 8.51. The van der Waals surface area contributed by atoms with Gasteiger partial charge in [0.2, 0.25) is 12.4 Å². The summed E-state index contributed by atoms with van der Waals surface area (Å²) in [5.41, 5.74) is 0. The molecule has 0 heterocycles. The third-order valence-electron chi connectivity index (χ3n) is 3.37. The molecule has 0 spiro atoms. The first-order chi connectivity index (χ1) is 11.6. The number of rotatable bonds is 13. The van der Waals surface area contributed by atoms with Gasteiger partial charge in [-0.3, -0.25) is 0 Å². The molecule has 25 heavy (non-hydrogen) atoms. The standard InChI is InChI=1S/C16H30BClFN2O3P/c1-8-16(19,24-15(17)14(6)18)11-23-25(22-10-9-20-7)21(12(2)3)13(4)5/h12-15H,8-11H2,1-6H3/t14-,15?,16+,25?/m0/s1. The first-order valence-corrected chi connectivity index (χ1v) is 10.1. The lowest BCUT2D eigenvalue weighted by Crippen LogP contribution is -2.40. The summed E-state index contributed by atoms with van der Waals surface area (Å²) in [6.07, 6.45) is 0.0683. The second kappa shape index (κ2) is 12.4. The van der Waals surface area contributed by atoms with Crippen molar-refractivity contribution in [1.82, 2.24) is 4.67 Å². The number of halogens is 2. The van der Waals surface area contributed by atoms with Crippen LogP contribution in [0.5, 0.6) is 0 Å². The van der Waals surface area contributed by atoms with Gasteiger partial charge in [0.05, 0.1) is 0 Å². The van der Waals surface area contributed by atoms with Crippen molar-refractivity contribution in [2.75, 3.05) is 19.8 Å². The molecule has 0 bridgehead atoms. The largest absolute Gasteiger partial charge is 0.349 e. The number of hydrogen-bond donors (Lipinski definition) is 0. The van der Waals surface area contributed by atoms with Gasteiger partial charge >= 0.3 is 0 Å².